The maximum absolute atomic E-state index is 11.9. The average molecular weight is 322 g/mol. The first-order chi connectivity index (χ1) is 11.7. The van der Waals surface area contributed by atoms with Gasteiger partial charge in [-0.2, -0.15) is 5.26 Å². The van der Waals surface area contributed by atoms with Crippen molar-refractivity contribution in [2.24, 2.45) is 0 Å². The zero-order valence-corrected chi connectivity index (χ0v) is 14.2. The van der Waals surface area contributed by atoms with Gasteiger partial charge >= 0.3 is 5.97 Å². The molecule has 0 saturated carbocycles. The Balaban J connectivity index is 2.21. The lowest BCUT2D eigenvalue weighted by molar-refractivity contribution is -0.138. The molecule has 1 aromatic carbocycles. The van der Waals surface area contributed by atoms with Gasteiger partial charge in [0, 0.05) is 18.4 Å². The summed E-state index contributed by atoms with van der Waals surface area (Å²) in [5.74, 6) is -0.569. The maximum atomic E-state index is 11.9. The molecule has 124 valence electrons. The van der Waals surface area contributed by atoms with E-state index in [1.165, 1.54) is 11.1 Å². The van der Waals surface area contributed by atoms with Gasteiger partial charge in [0.2, 0.25) is 0 Å². The van der Waals surface area contributed by atoms with E-state index in [1.807, 2.05) is 35.9 Å². The van der Waals surface area contributed by atoms with Gasteiger partial charge in [-0.3, -0.25) is 0 Å². The molecule has 0 aliphatic heterocycles. The normalized spacial score (nSPS) is 11.1. The Morgan fingerprint density at radius 3 is 2.75 bits per heavy atom. The molecule has 24 heavy (non-hydrogen) atoms. The Morgan fingerprint density at radius 2 is 2.04 bits per heavy atom. The van der Waals surface area contributed by atoms with E-state index >= 15 is 0 Å². The molecule has 0 amide bonds. The van der Waals surface area contributed by atoms with Gasteiger partial charge in [0.1, 0.15) is 11.6 Å². The summed E-state index contributed by atoms with van der Waals surface area (Å²) in [5, 5.41) is 9.22. The summed E-state index contributed by atoms with van der Waals surface area (Å²) in [4.78, 5) is 11.9. The maximum Gasteiger partial charge on any atom is 0.348 e. The minimum Gasteiger partial charge on any atom is -0.462 e. The van der Waals surface area contributed by atoms with Crippen molar-refractivity contribution in [1.82, 2.24) is 4.57 Å². The summed E-state index contributed by atoms with van der Waals surface area (Å²) in [6.07, 6.45) is 5.25. The first-order valence-electron chi connectivity index (χ1n) is 8.19. The monoisotopic (exact) mass is 322 g/mol. The smallest absolute Gasteiger partial charge is 0.348 e. The Bertz CT molecular complexity index is 766. The number of carbonyl (C=O) groups excluding carboxylic acids is 1. The third-order valence-electron chi connectivity index (χ3n) is 3.69. The van der Waals surface area contributed by atoms with Crippen molar-refractivity contribution < 1.29 is 9.53 Å². The molecule has 2 aromatic rings. The second kappa shape index (κ2) is 8.73. The van der Waals surface area contributed by atoms with Crippen molar-refractivity contribution in [3.63, 3.8) is 0 Å². The van der Waals surface area contributed by atoms with Crippen LogP contribution >= 0.6 is 0 Å². The van der Waals surface area contributed by atoms with Crippen LogP contribution < -0.4 is 0 Å². The minimum atomic E-state index is -0.569. The predicted octanol–water partition coefficient (Wildman–Crippen LogP) is 3.96. The molecule has 0 spiro atoms. The van der Waals surface area contributed by atoms with Gasteiger partial charge < -0.3 is 9.30 Å². The molecule has 0 aliphatic carbocycles. The molecule has 0 radical (unpaired) electrons. The van der Waals surface area contributed by atoms with E-state index < -0.39 is 5.97 Å². The molecule has 0 N–H and O–H groups in total. The van der Waals surface area contributed by atoms with Gasteiger partial charge in [0.15, 0.2) is 0 Å². The fourth-order valence-corrected chi connectivity index (χ4v) is 2.40. The topological polar surface area (TPSA) is 55.0 Å². The van der Waals surface area contributed by atoms with Crippen molar-refractivity contribution in [2.75, 3.05) is 6.61 Å². The molecule has 0 fully saturated rings. The van der Waals surface area contributed by atoms with Crippen LogP contribution in [-0.2, 0) is 22.5 Å². The third-order valence-corrected chi connectivity index (χ3v) is 3.69. The van der Waals surface area contributed by atoms with Gasteiger partial charge in [0.05, 0.1) is 6.61 Å². The Morgan fingerprint density at radius 1 is 1.25 bits per heavy atom. The van der Waals surface area contributed by atoms with Crippen LogP contribution in [0.1, 0.15) is 37.1 Å². The molecule has 4 heteroatoms. The summed E-state index contributed by atoms with van der Waals surface area (Å²) in [6, 6.07) is 14.1. The molecular formula is C20H22N2O2. The van der Waals surface area contributed by atoms with Crippen LogP contribution in [0.25, 0.3) is 6.08 Å². The molecule has 0 atom stereocenters. The van der Waals surface area contributed by atoms with Crippen LogP contribution in [0, 0.1) is 11.3 Å². The van der Waals surface area contributed by atoms with Crippen molar-refractivity contribution >= 4 is 12.0 Å². The number of ether oxygens (including phenoxy) is 1. The van der Waals surface area contributed by atoms with Crippen molar-refractivity contribution in [2.45, 2.75) is 33.2 Å². The number of rotatable bonds is 7. The van der Waals surface area contributed by atoms with Gasteiger partial charge in [-0.15, -0.1) is 0 Å². The second-order valence-corrected chi connectivity index (χ2v) is 5.54. The predicted molar refractivity (Wildman–Crippen MR) is 94.2 cm³/mol. The number of hydrogen-bond acceptors (Lipinski definition) is 3. The molecule has 0 aliphatic rings. The number of nitrogens with zero attached hydrogens (tertiary/aromatic N) is 2. The van der Waals surface area contributed by atoms with Crippen LogP contribution in [0.15, 0.2) is 48.2 Å². The number of nitriles is 1. The number of benzene rings is 1. The first kappa shape index (κ1) is 17.6. The molecule has 0 unspecified atom stereocenters. The van der Waals surface area contributed by atoms with Crippen LogP contribution in [0.2, 0.25) is 0 Å². The van der Waals surface area contributed by atoms with E-state index in [2.05, 4.69) is 31.2 Å². The zero-order valence-electron chi connectivity index (χ0n) is 14.2. The van der Waals surface area contributed by atoms with E-state index in [0.29, 0.717) is 13.2 Å². The minimum absolute atomic E-state index is 0.0192. The highest BCUT2D eigenvalue weighted by Crippen LogP contribution is 2.14. The first-order valence-corrected chi connectivity index (χ1v) is 8.19. The SMILES string of the molecule is CCCOC(=O)/C(C#N)=C/c1cccn1Cc1cccc(CC)c1. The van der Waals surface area contributed by atoms with E-state index in [4.69, 9.17) is 4.74 Å². The fraction of sp³-hybridized carbons (Fsp3) is 0.300. The number of esters is 1. The quantitative estimate of drug-likeness (QED) is 0.440. The van der Waals surface area contributed by atoms with Crippen LogP contribution in [0.3, 0.4) is 0 Å². The molecule has 4 nitrogen and oxygen atoms in total. The highest BCUT2D eigenvalue weighted by molar-refractivity contribution is 5.97. The van der Waals surface area contributed by atoms with Gasteiger partial charge in [-0.1, -0.05) is 38.1 Å². The van der Waals surface area contributed by atoms with Crippen LogP contribution in [0.4, 0.5) is 0 Å². The lowest BCUT2D eigenvalue weighted by Gasteiger charge is -2.09. The highest BCUT2D eigenvalue weighted by Gasteiger charge is 2.11. The Hall–Kier alpha value is -2.80. The summed E-state index contributed by atoms with van der Waals surface area (Å²) >= 11 is 0. The summed E-state index contributed by atoms with van der Waals surface area (Å²) in [5.41, 5.74) is 3.30. The van der Waals surface area contributed by atoms with Gasteiger partial charge in [-0.25, -0.2) is 4.79 Å². The molecule has 1 heterocycles. The van der Waals surface area contributed by atoms with E-state index in [0.717, 1.165) is 18.5 Å². The standard InChI is InChI=1S/C20H22N2O2/c1-3-11-24-20(23)18(14-21)13-19-9-6-10-22(19)15-17-8-5-7-16(4-2)12-17/h5-10,12-13H,3-4,11,15H2,1-2H3/b18-13+. The molecule has 0 saturated heterocycles. The second-order valence-electron chi connectivity index (χ2n) is 5.54. The number of carbonyl (C=O) groups is 1. The van der Waals surface area contributed by atoms with Gasteiger partial charge in [0.25, 0.3) is 0 Å². The molecule has 1 aromatic heterocycles. The zero-order chi connectivity index (χ0) is 17.4. The lowest BCUT2D eigenvalue weighted by Crippen LogP contribution is -2.08. The van der Waals surface area contributed by atoms with Crippen molar-refractivity contribution in [3.05, 3.63) is 65.0 Å². The fourth-order valence-electron chi connectivity index (χ4n) is 2.40. The molecule has 2 rings (SSSR count). The number of aromatic nitrogens is 1. The number of hydrogen-bond donors (Lipinski definition) is 0. The summed E-state index contributed by atoms with van der Waals surface area (Å²) < 4.78 is 7.06. The highest BCUT2D eigenvalue weighted by atomic mass is 16.5. The summed E-state index contributed by atoms with van der Waals surface area (Å²) in [7, 11) is 0. The van der Waals surface area contributed by atoms with Gasteiger partial charge in [-0.05, 0) is 42.2 Å². The molecular weight excluding hydrogens is 300 g/mol. The van der Waals surface area contributed by atoms with Crippen LogP contribution in [-0.4, -0.2) is 17.1 Å². The Kier molecular flexibility index (Phi) is 6.39. The largest absolute Gasteiger partial charge is 0.462 e. The van der Waals surface area contributed by atoms with E-state index in [1.54, 1.807) is 6.08 Å². The lowest BCUT2D eigenvalue weighted by atomic mass is 10.1. The molecule has 0 bridgehead atoms. The van der Waals surface area contributed by atoms with Crippen molar-refractivity contribution in [1.29, 1.82) is 5.26 Å². The number of aryl methyl sites for hydroxylation is 1. The van der Waals surface area contributed by atoms with Crippen LogP contribution in [0.5, 0.6) is 0 Å². The van der Waals surface area contributed by atoms with Crippen molar-refractivity contribution in [3.8, 4) is 6.07 Å². The van der Waals surface area contributed by atoms with E-state index in [-0.39, 0.29) is 5.57 Å². The third kappa shape index (κ3) is 4.60. The Labute approximate surface area is 143 Å². The van der Waals surface area contributed by atoms with E-state index in [9.17, 15) is 10.1 Å². The average Bonchev–Trinajstić information content (AvgIpc) is 3.04. The summed E-state index contributed by atoms with van der Waals surface area (Å²) in [6.45, 7) is 5.06.